The van der Waals surface area contributed by atoms with Crippen molar-refractivity contribution in [3.05, 3.63) is 83.4 Å². The van der Waals surface area contributed by atoms with E-state index in [0.29, 0.717) is 39.6 Å². The number of ether oxygens (including phenoxy) is 3. The predicted octanol–water partition coefficient (Wildman–Crippen LogP) is 3.79. The summed E-state index contributed by atoms with van der Waals surface area (Å²) >= 11 is 0. The van der Waals surface area contributed by atoms with Gasteiger partial charge in [-0.05, 0) is 48.5 Å². The molecule has 2 heterocycles. The Morgan fingerprint density at radius 2 is 1.65 bits per heavy atom. The maximum absolute atomic E-state index is 14.0. The summed E-state index contributed by atoms with van der Waals surface area (Å²) in [6.45, 7) is 0. The van der Waals surface area contributed by atoms with Crippen LogP contribution in [0.4, 0.5) is 5.69 Å². The number of anilines is 1. The molecule has 2 unspecified atom stereocenters. The fraction of sp³-hybridized carbons (Fsp3) is 0.192. The van der Waals surface area contributed by atoms with Gasteiger partial charge >= 0.3 is 0 Å². The first kappa shape index (κ1) is 21.5. The maximum Gasteiger partial charge on any atom is 0.277 e. The summed E-state index contributed by atoms with van der Waals surface area (Å²) in [6.07, 6.45) is 0. The summed E-state index contributed by atoms with van der Waals surface area (Å²) in [5.41, 5.74) is 0.645. The number of hydrogen-bond donors (Lipinski definition) is 1. The fourth-order valence-electron chi connectivity index (χ4n) is 4.50. The number of oxime groups is 1. The minimum atomic E-state index is -1.66. The molecule has 0 saturated heterocycles. The Labute approximate surface area is 196 Å². The molecule has 0 fully saturated rings. The zero-order valence-electron chi connectivity index (χ0n) is 18.8. The van der Waals surface area contributed by atoms with Gasteiger partial charge in [0.2, 0.25) is 0 Å². The topological polar surface area (TPSA) is 95.5 Å². The summed E-state index contributed by atoms with van der Waals surface area (Å²) in [6, 6.07) is 19.0. The van der Waals surface area contributed by atoms with Gasteiger partial charge in [-0.25, -0.2) is 0 Å². The molecular weight excluding hydrogens is 436 g/mol. The van der Waals surface area contributed by atoms with Gasteiger partial charge in [0.05, 0.1) is 21.3 Å². The average molecular weight is 458 g/mol. The van der Waals surface area contributed by atoms with Crippen LogP contribution < -0.4 is 19.5 Å². The molecule has 3 aromatic rings. The van der Waals surface area contributed by atoms with Gasteiger partial charge in [-0.3, -0.25) is 9.59 Å². The number of rotatable bonds is 6. The second-order valence-electron chi connectivity index (χ2n) is 7.90. The number of ketones is 1. The van der Waals surface area contributed by atoms with Crippen LogP contribution in [0.15, 0.2) is 71.9 Å². The van der Waals surface area contributed by atoms with Crippen molar-refractivity contribution in [3.8, 4) is 17.2 Å². The Hall–Kier alpha value is -4.33. The molecule has 3 aromatic carbocycles. The van der Waals surface area contributed by atoms with Gasteiger partial charge in [0.15, 0.2) is 5.78 Å². The van der Waals surface area contributed by atoms with Crippen molar-refractivity contribution in [1.82, 2.24) is 0 Å². The standard InChI is InChI=1S/C26H22N2O6/c1-31-16-10-8-15(9-11-16)24(29)22-23(18-14-17(32-2)12-13-21(18)33-3)28-34-26(22)19-6-4-5-7-20(19)27-25(26)30/h4-14,22H,1-3H3,(H,27,30). The van der Waals surface area contributed by atoms with E-state index in [-0.39, 0.29) is 11.5 Å². The van der Waals surface area contributed by atoms with Gasteiger partial charge in [-0.15, -0.1) is 0 Å². The van der Waals surface area contributed by atoms with E-state index in [0.717, 1.165) is 0 Å². The molecule has 1 spiro atoms. The molecule has 0 bridgehead atoms. The molecular formula is C26H22N2O6. The smallest absolute Gasteiger partial charge is 0.277 e. The number of nitrogens with one attached hydrogen (secondary N) is 1. The first-order valence-corrected chi connectivity index (χ1v) is 10.6. The normalized spacial score (nSPS) is 20.3. The Balaban J connectivity index is 1.70. The lowest BCUT2D eigenvalue weighted by atomic mass is 9.74. The van der Waals surface area contributed by atoms with Crippen LogP contribution in [-0.2, 0) is 15.2 Å². The molecule has 2 aliphatic heterocycles. The number of para-hydroxylation sites is 1. The molecule has 1 amide bonds. The SMILES string of the molecule is COc1ccc(C(=O)C2C(c3cc(OC)ccc3OC)=NOC23C(=O)Nc2ccccc23)cc1. The molecule has 1 N–H and O–H groups in total. The second-order valence-corrected chi connectivity index (χ2v) is 7.90. The van der Waals surface area contributed by atoms with E-state index in [2.05, 4.69) is 10.5 Å². The second kappa shape index (κ2) is 8.22. The van der Waals surface area contributed by atoms with Crippen molar-refractivity contribution < 1.29 is 28.6 Å². The first-order valence-electron chi connectivity index (χ1n) is 10.6. The lowest BCUT2D eigenvalue weighted by Gasteiger charge is -2.27. The number of hydrogen-bond acceptors (Lipinski definition) is 7. The fourth-order valence-corrected chi connectivity index (χ4v) is 4.50. The van der Waals surface area contributed by atoms with Crippen molar-refractivity contribution in [2.24, 2.45) is 11.1 Å². The highest BCUT2D eigenvalue weighted by molar-refractivity contribution is 6.25. The molecule has 5 rings (SSSR count). The first-order chi connectivity index (χ1) is 16.5. The zero-order valence-corrected chi connectivity index (χ0v) is 18.8. The number of fused-ring (bicyclic) bond motifs is 2. The van der Waals surface area contributed by atoms with Crippen molar-refractivity contribution in [2.75, 3.05) is 26.6 Å². The Morgan fingerprint density at radius 1 is 0.941 bits per heavy atom. The van der Waals surface area contributed by atoms with Gasteiger partial charge in [-0.1, -0.05) is 23.4 Å². The Kier molecular flexibility index (Phi) is 5.20. The van der Waals surface area contributed by atoms with Crippen molar-refractivity contribution in [2.45, 2.75) is 5.60 Å². The Bertz CT molecular complexity index is 1320. The number of benzene rings is 3. The van der Waals surface area contributed by atoms with E-state index < -0.39 is 17.4 Å². The number of carbonyl (C=O) groups excluding carboxylic acids is 2. The largest absolute Gasteiger partial charge is 0.497 e. The molecule has 0 saturated carbocycles. The molecule has 2 aliphatic rings. The monoisotopic (exact) mass is 458 g/mol. The number of methoxy groups -OCH3 is 3. The molecule has 0 radical (unpaired) electrons. The van der Waals surface area contributed by atoms with Crippen LogP contribution in [0.3, 0.4) is 0 Å². The van der Waals surface area contributed by atoms with Gasteiger partial charge in [-0.2, -0.15) is 0 Å². The van der Waals surface area contributed by atoms with Crippen molar-refractivity contribution in [1.29, 1.82) is 0 Å². The van der Waals surface area contributed by atoms with E-state index in [4.69, 9.17) is 19.0 Å². The minimum Gasteiger partial charge on any atom is -0.497 e. The van der Waals surface area contributed by atoms with Crippen molar-refractivity contribution >= 4 is 23.1 Å². The Morgan fingerprint density at radius 3 is 2.35 bits per heavy atom. The van der Waals surface area contributed by atoms with Gasteiger partial charge in [0, 0.05) is 22.4 Å². The van der Waals surface area contributed by atoms with E-state index in [1.165, 1.54) is 7.11 Å². The summed E-state index contributed by atoms with van der Waals surface area (Å²) in [5.74, 6) is -0.227. The van der Waals surface area contributed by atoms with E-state index >= 15 is 0 Å². The number of amides is 1. The molecule has 0 aliphatic carbocycles. The molecule has 8 heteroatoms. The number of carbonyl (C=O) groups is 2. The third-order valence-corrected chi connectivity index (χ3v) is 6.20. The quantitative estimate of drug-likeness (QED) is 0.565. The van der Waals surface area contributed by atoms with E-state index in [1.807, 2.05) is 0 Å². The maximum atomic E-state index is 14.0. The van der Waals surface area contributed by atoms with E-state index in [1.54, 1.807) is 80.9 Å². The highest BCUT2D eigenvalue weighted by Gasteiger charge is 2.63. The molecule has 34 heavy (non-hydrogen) atoms. The average Bonchev–Trinajstić information content (AvgIpc) is 3.42. The van der Waals surface area contributed by atoms with Gasteiger partial charge in [0.25, 0.3) is 11.5 Å². The van der Waals surface area contributed by atoms with Gasteiger partial charge in [0.1, 0.15) is 28.9 Å². The predicted molar refractivity (Wildman–Crippen MR) is 125 cm³/mol. The lowest BCUT2D eigenvalue weighted by molar-refractivity contribution is -0.140. The lowest BCUT2D eigenvalue weighted by Crippen LogP contribution is -2.46. The third-order valence-electron chi connectivity index (χ3n) is 6.20. The van der Waals surface area contributed by atoms with E-state index in [9.17, 15) is 9.59 Å². The van der Waals surface area contributed by atoms with Crippen molar-refractivity contribution in [3.63, 3.8) is 0 Å². The van der Waals surface area contributed by atoms with Crippen LogP contribution in [0, 0.1) is 5.92 Å². The molecule has 172 valence electrons. The zero-order chi connectivity index (χ0) is 23.9. The number of Topliss-reactive ketones (excluding diaryl/α,β-unsaturated/α-hetero) is 1. The van der Waals surface area contributed by atoms with Crippen LogP contribution >= 0.6 is 0 Å². The summed E-state index contributed by atoms with van der Waals surface area (Å²) in [7, 11) is 4.62. The highest BCUT2D eigenvalue weighted by Crippen LogP contribution is 2.50. The molecule has 2 atom stereocenters. The third kappa shape index (κ3) is 3.10. The van der Waals surface area contributed by atoms with Crippen LogP contribution in [-0.4, -0.2) is 38.7 Å². The van der Waals surface area contributed by atoms with Crippen LogP contribution in [0.5, 0.6) is 17.2 Å². The molecule has 8 nitrogen and oxygen atoms in total. The highest BCUT2D eigenvalue weighted by atomic mass is 16.7. The number of nitrogens with zero attached hydrogens (tertiary/aromatic N) is 1. The van der Waals surface area contributed by atoms with Crippen LogP contribution in [0.2, 0.25) is 0 Å². The van der Waals surface area contributed by atoms with Crippen LogP contribution in [0.1, 0.15) is 21.5 Å². The summed E-state index contributed by atoms with van der Waals surface area (Å²) < 4.78 is 16.2. The van der Waals surface area contributed by atoms with Crippen LogP contribution in [0.25, 0.3) is 0 Å². The summed E-state index contributed by atoms with van der Waals surface area (Å²) in [4.78, 5) is 33.4. The van der Waals surface area contributed by atoms with Gasteiger partial charge < -0.3 is 24.4 Å². The summed E-state index contributed by atoms with van der Waals surface area (Å²) in [5, 5.41) is 7.15. The minimum absolute atomic E-state index is 0.281. The molecule has 0 aromatic heterocycles.